The highest BCUT2D eigenvalue weighted by Crippen LogP contribution is 2.21. The van der Waals surface area contributed by atoms with Crippen LogP contribution in [0.4, 0.5) is 5.82 Å². The van der Waals surface area contributed by atoms with Crippen molar-refractivity contribution in [2.75, 3.05) is 51.3 Å². The summed E-state index contributed by atoms with van der Waals surface area (Å²) in [6.45, 7) is 5.09. The summed E-state index contributed by atoms with van der Waals surface area (Å²) in [6.07, 6.45) is 1.41. The van der Waals surface area contributed by atoms with Crippen molar-refractivity contribution in [2.24, 2.45) is 5.73 Å². The third kappa shape index (κ3) is 2.62. The molecule has 1 saturated heterocycles. The molecule has 0 amide bonds. The van der Waals surface area contributed by atoms with Gasteiger partial charge in [-0.1, -0.05) is 0 Å². The van der Waals surface area contributed by atoms with Gasteiger partial charge in [-0.2, -0.15) is 0 Å². The molecule has 0 unspecified atom stereocenters. The molecule has 1 aromatic heterocycles. The van der Waals surface area contributed by atoms with Crippen LogP contribution in [0.2, 0.25) is 0 Å². The Morgan fingerprint density at radius 3 is 2.78 bits per heavy atom. The fourth-order valence-electron chi connectivity index (χ4n) is 2.15. The van der Waals surface area contributed by atoms with Crippen LogP contribution in [0, 0.1) is 0 Å². The Balaban J connectivity index is 2.10. The molecule has 100 valence electrons. The van der Waals surface area contributed by atoms with E-state index in [4.69, 9.17) is 10.5 Å². The van der Waals surface area contributed by atoms with Gasteiger partial charge in [0.1, 0.15) is 0 Å². The third-order valence-electron chi connectivity index (χ3n) is 3.11. The summed E-state index contributed by atoms with van der Waals surface area (Å²) in [5.74, 6) is 0.901. The van der Waals surface area contributed by atoms with Crippen molar-refractivity contribution in [3.8, 4) is 5.75 Å². The number of H-pyrrole nitrogens is 1. The van der Waals surface area contributed by atoms with Crippen LogP contribution in [0.5, 0.6) is 5.75 Å². The maximum atomic E-state index is 11.6. The molecule has 0 aliphatic carbocycles. The van der Waals surface area contributed by atoms with Crippen LogP contribution in [0.1, 0.15) is 0 Å². The van der Waals surface area contributed by atoms with Gasteiger partial charge in [-0.15, -0.1) is 0 Å². The number of hydrogen-bond donors (Lipinski definition) is 2. The number of methoxy groups -OCH3 is 1. The number of piperazine rings is 1. The number of aromatic amines is 1. The predicted molar refractivity (Wildman–Crippen MR) is 69.1 cm³/mol. The molecular formula is C11H19N5O2. The first-order valence-electron chi connectivity index (χ1n) is 6.05. The van der Waals surface area contributed by atoms with Crippen molar-refractivity contribution in [1.29, 1.82) is 0 Å². The van der Waals surface area contributed by atoms with Crippen LogP contribution in [0.25, 0.3) is 0 Å². The smallest absolute Gasteiger partial charge is 0.295 e. The van der Waals surface area contributed by atoms with E-state index in [0.29, 0.717) is 12.4 Å². The van der Waals surface area contributed by atoms with Crippen LogP contribution in [0.3, 0.4) is 0 Å². The average molecular weight is 253 g/mol. The Bertz CT molecular complexity index is 439. The Hall–Kier alpha value is -1.60. The van der Waals surface area contributed by atoms with Crippen LogP contribution in [-0.4, -0.2) is 61.2 Å². The van der Waals surface area contributed by atoms with Crippen molar-refractivity contribution < 1.29 is 4.74 Å². The SMILES string of the molecule is COc1c(N2CCN(CCN)CC2)nc[nH]c1=O. The Morgan fingerprint density at radius 1 is 1.44 bits per heavy atom. The molecule has 0 radical (unpaired) electrons. The van der Waals surface area contributed by atoms with Crippen LogP contribution < -0.4 is 20.9 Å². The van der Waals surface area contributed by atoms with E-state index in [1.54, 1.807) is 0 Å². The molecule has 18 heavy (non-hydrogen) atoms. The zero-order valence-electron chi connectivity index (χ0n) is 10.6. The van der Waals surface area contributed by atoms with Gasteiger partial charge in [-0.05, 0) is 0 Å². The maximum absolute atomic E-state index is 11.6. The molecule has 2 heterocycles. The van der Waals surface area contributed by atoms with E-state index in [1.807, 2.05) is 0 Å². The van der Waals surface area contributed by atoms with Gasteiger partial charge in [0.05, 0.1) is 13.4 Å². The Morgan fingerprint density at radius 2 is 2.17 bits per heavy atom. The molecule has 7 nitrogen and oxygen atoms in total. The van der Waals surface area contributed by atoms with Crippen molar-refractivity contribution >= 4 is 5.82 Å². The quantitative estimate of drug-likeness (QED) is 0.705. The van der Waals surface area contributed by atoms with Gasteiger partial charge in [-0.3, -0.25) is 9.69 Å². The Kier molecular flexibility index (Phi) is 4.16. The zero-order valence-corrected chi connectivity index (χ0v) is 10.6. The number of hydrogen-bond acceptors (Lipinski definition) is 6. The molecule has 0 atom stereocenters. The van der Waals surface area contributed by atoms with E-state index in [-0.39, 0.29) is 11.3 Å². The minimum atomic E-state index is -0.244. The summed E-state index contributed by atoms with van der Waals surface area (Å²) in [5, 5.41) is 0. The highest BCUT2D eigenvalue weighted by atomic mass is 16.5. The van der Waals surface area contributed by atoms with Crippen molar-refractivity contribution in [1.82, 2.24) is 14.9 Å². The largest absolute Gasteiger partial charge is 0.489 e. The minimum Gasteiger partial charge on any atom is -0.489 e. The minimum absolute atomic E-state index is 0.244. The number of nitrogens with one attached hydrogen (secondary N) is 1. The summed E-state index contributed by atoms with van der Waals surface area (Å²) in [4.78, 5) is 22.7. The monoisotopic (exact) mass is 253 g/mol. The summed E-state index contributed by atoms with van der Waals surface area (Å²) < 4.78 is 5.12. The molecule has 1 aliphatic rings. The topological polar surface area (TPSA) is 87.5 Å². The predicted octanol–water partition coefficient (Wildman–Crippen LogP) is -1.14. The number of anilines is 1. The second kappa shape index (κ2) is 5.83. The lowest BCUT2D eigenvalue weighted by atomic mass is 10.3. The van der Waals surface area contributed by atoms with Gasteiger partial charge in [0.25, 0.3) is 5.56 Å². The Labute approximate surface area is 106 Å². The van der Waals surface area contributed by atoms with Gasteiger partial charge in [0.15, 0.2) is 5.82 Å². The average Bonchev–Trinajstić information content (AvgIpc) is 2.40. The van der Waals surface area contributed by atoms with E-state index < -0.39 is 0 Å². The number of nitrogens with two attached hydrogens (primary N) is 1. The first-order chi connectivity index (χ1) is 8.76. The number of aromatic nitrogens is 2. The lowest BCUT2D eigenvalue weighted by Gasteiger charge is -2.35. The second-order valence-corrected chi connectivity index (χ2v) is 4.21. The van der Waals surface area contributed by atoms with Crippen molar-refractivity contribution in [2.45, 2.75) is 0 Å². The third-order valence-corrected chi connectivity index (χ3v) is 3.11. The fraction of sp³-hybridized carbons (Fsp3) is 0.636. The first kappa shape index (κ1) is 12.8. The molecule has 1 fully saturated rings. The van der Waals surface area contributed by atoms with Gasteiger partial charge in [0, 0.05) is 39.3 Å². The van der Waals surface area contributed by atoms with E-state index in [2.05, 4.69) is 19.8 Å². The second-order valence-electron chi connectivity index (χ2n) is 4.21. The molecule has 0 bridgehead atoms. The van der Waals surface area contributed by atoms with E-state index in [1.165, 1.54) is 13.4 Å². The summed E-state index contributed by atoms with van der Waals surface area (Å²) in [7, 11) is 1.49. The molecule has 1 aliphatic heterocycles. The van der Waals surface area contributed by atoms with E-state index in [0.717, 1.165) is 32.7 Å². The summed E-state index contributed by atoms with van der Waals surface area (Å²) >= 11 is 0. The molecule has 0 saturated carbocycles. The number of rotatable bonds is 4. The lowest BCUT2D eigenvalue weighted by molar-refractivity contribution is 0.263. The zero-order chi connectivity index (χ0) is 13.0. The fourth-order valence-corrected chi connectivity index (χ4v) is 2.15. The number of ether oxygens (including phenoxy) is 1. The van der Waals surface area contributed by atoms with Gasteiger partial charge in [-0.25, -0.2) is 4.98 Å². The lowest BCUT2D eigenvalue weighted by Crippen LogP contribution is -2.48. The standard InChI is InChI=1S/C11H19N5O2/c1-18-9-10(13-8-14-11(9)17)16-6-4-15(3-2-12)5-7-16/h8H,2-7,12H2,1H3,(H,13,14,17). The highest BCUT2D eigenvalue weighted by Gasteiger charge is 2.21. The maximum Gasteiger partial charge on any atom is 0.295 e. The van der Waals surface area contributed by atoms with Gasteiger partial charge in [0.2, 0.25) is 5.75 Å². The van der Waals surface area contributed by atoms with Crippen LogP contribution in [0.15, 0.2) is 11.1 Å². The van der Waals surface area contributed by atoms with Crippen molar-refractivity contribution in [3.63, 3.8) is 0 Å². The summed E-state index contributed by atoms with van der Waals surface area (Å²) in [5.41, 5.74) is 5.29. The van der Waals surface area contributed by atoms with Crippen LogP contribution in [-0.2, 0) is 0 Å². The van der Waals surface area contributed by atoms with Crippen molar-refractivity contribution in [3.05, 3.63) is 16.7 Å². The first-order valence-corrected chi connectivity index (χ1v) is 6.05. The van der Waals surface area contributed by atoms with Crippen LogP contribution >= 0.6 is 0 Å². The molecule has 2 rings (SSSR count). The van der Waals surface area contributed by atoms with Gasteiger partial charge < -0.3 is 20.4 Å². The molecule has 1 aromatic rings. The highest BCUT2D eigenvalue weighted by molar-refractivity contribution is 5.50. The molecule has 7 heteroatoms. The normalized spacial score (nSPS) is 16.9. The summed E-state index contributed by atoms with van der Waals surface area (Å²) in [6, 6.07) is 0. The molecule has 0 aromatic carbocycles. The molecule has 3 N–H and O–H groups in total. The van der Waals surface area contributed by atoms with E-state index in [9.17, 15) is 4.79 Å². The molecule has 0 spiro atoms. The van der Waals surface area contributed by atoms with E-state index >= 15 is 0 Å². The van der Waals surface area contributed by atoms with Gasteiger partial charge >= 0.3 is 0 Å². The number of nitrogens with zero attached hydrogens (tertiary/aromatic N) is 3. The molecular weight excluding hydrogens is 234 g/mol.